The summed E-state index contributed by atoms with van der Waals surface area (Å²) in [5, 5.41) is 2.75. The van der Waals surface area contributed by atoms with Gasteiger partial charge in [0.2, 0.25) is 0 Å². The van der Waals surface area contributed by atoms with Crippen LogP contribution in [-0.2, 0) is 52.1 Å². The van der Waals surface area contributed by atoms with Crippen LogP contribution in [0.25, 0.3) is 11.1 Å². The van der Waals surface area contributed by atoms with E-state index in [1.54, 1.807) is 0 Å². The van der Waals surface area contributed by atoms with Crippen LogP contribution in [-0.4, -0.2) is 151 Å². The van der Waals surface area contributed by atoms with Gasteiger partial charge in [0, 0.05) is 19.1 Å². The van der Waals surface area contributed by atoms with Crippen molar-refractivity contribution in [3.05, 3.63) is 59.7 Å². The van der Waals surface area contributed by atoms with Gasteiger partial charge < -0.3 is 57.4 Å². The number of hydrogen-bond acceptors (Lipinski definition) is 12. The van der Waals surface area contributed by atoms with Crippen molar-refractivity contribution in [3.8, 4) is 11.1 Å². The maximum Gasteiger partial charge on any atom is 0.407 e. The summed E-state index contributed by atoms with van der Waals surface area (Å²) < 4.78 is 61.1. The predicted molar refractivity (Wildman–Crippen MR) is 252 cm³/mol. The molecule has 0 aliphatic heterocycles. The van der Waals surface area contributed by atoms with Crippen molar-refractivity contribution in [3.63, 3.8) is 0 Å². The fourth-order valence-electron chi connectivity index (χ4n) is 7.35. The summed E-state index contributed by atoms with van der Waals surface area (Å²) in [5.74, 6) is 0.0381. The quantitative estimate of drug-likeness (QED) is 0.0636. The average molecular weight is 904 g/mol. The Morgan fingerprint density at radius 2 is 0.688 bits per heavy atom. The largest absolute Gasteiger partial charge is 0.449 e. The molecule has 3 rings (SSSR count). The van der Waals surface area contributed by atoms with Crippen LogP contribution in [0.3, 0.4) is 0 Å². The monoisotopic (exact) mass is 904 g/mol. The van der Waals surface area contributed by atoms with Gasteiger partial charge in [0.05, 0.1) is 126 Å². The number of alkyl carbamates (subject to hydrolysis) is 1. The summed E-state index contributed by atoms with van der Waals surface area (Å²) in [6.45, 7) is 13.4. The fraction of sp³-hybridized carbons (Fsp3) is 0.745. The molecule has 0 radical (unpaired) electrons. The lowest BCUT2D eigenvalue weighted by molar-refractivity contribution is -0.0264. The first-order valence-corrected chi connectivity index (χ1v) is 24.7. The van der Waals surface area contributed by atoms with Gasteiger partial charge in [-0.3, -0.25) is 0 Å². The van der Waals surface area contributed by atoms with Gasteiger partial charge in [0.25, 0.3) is 0 Å². The van der Waals surface area contributed by atoms with Crippen molar-refractivity contribution < 1.29 is 56.9 Å². The second kappa shape index (κ2) is 41.7. The molecule has 1 N–H and O–H groups in total. The highest BCUT2D eigenvalue weighted by Gasteiger charge is 2.29. The predicted octanol–water partition coefficient (Wildman–Crippen LogP) is 9.17. The van der Waals surface area contributed by atoms with Crippen molar-refractivity contribution in [2.45, 2.75) is 103 Å². The molecule has 1 amide bonds. The van der Waals surface area contributed by atoms with Crippen LogP contribution in [0.4, 0.5) is 4.79 Å². The first-order valence-electron chi connectivity index (χ1n) is 24.7. The molecule has 2 aromatic rings. The second-order valence-corrected chi connectivity index (χ2v) is 16.0. The highest BCUT2D eigenvalue weighted by molar-refractivity contribution is 5.79. The zero-order chi connectivity index (χ0) is 45.1. The average Bonchev–Trinajstić information content (AvgIpc) is 3.64. The molecule has 1 aliphatic rings. The number of rotatable bonds is 47. The Morgan fingerprint density at radius 1 is 0.391 bits per heavy atom. The van der Waals surface area contributed by atoms with Gasteiger partial charge in [-0.15, -0.1) is 0 Å². The van der Waals surface area contributed by atoms with Crippen molar-refractivity contribution in [1.82, 2.24) is 5.32 Å². The minimum absolute atomic E-state index is 0.0381. The van der Waals surface area contributed by atoms with Crippen LogP contribution >= 0.6 is 0 Å². The zero-order valence-corrected chi connectivity index (χ0v) is 39.6. The molecule has 13 heteroatoms. The Morgan fingerprint density at radius 3 is 1.05 bits per heavy atom. The van der Waals surface area contributed by atoms with Crippen LogP contribution < -0.4 is 5.32 Å². The molecule has 2 aromatic carbocycles. The summed E-state index contributed by atoms with van der Waals surface area (Å²) >= 11 is 0. The molecule has 13 nitrogen and oxygen atoms in total. The number of nitrogens with one attached hydrogen (secondary N) is 1. The maximum absolute atomic E-state index is 12.3. The smallest absolute Gasteiger partial charge is 0.407 e. The number of benzene rings is 2. The first kappa shape index (κ1) is 55.6. The molecule has 1 aliphatic carbocycles. The van der Waals surface area contributed by atoms with E-state index in [1.807, 2.05) is 24.3 Å². The van der Waals surface area contributed by atoms with Gasteiger partial charge >= 0.3 is 6.09 Å². The number of unbranched alkanes of at least 4 members (excludes halogenated alkanes) is 13. The SMILES string of the molecule is CCCCCCCCCCCCCCCCOCCOCCOCCOCCOCCOCCOCCOCCOCCOCCNC(=O)OCC1c2ccccc2-c2ccccc21. The lowest BCUT2D eigenvalue weighted by Gasteiger charge is -2.14. The summed E-state index contributed by atoms with van der Waals surface area (Å²) in [6.07, 6.45) is 18.7. The van der Waals surface area contributed by atoms with Crippen LogP contribution in [0.15, 0.2) is 48.5 Å². The van der Waals surface area contributed by atoms with Crippen molar-refractivity contribution in [2.75, 3.05) is 145 Å². The van der Waals surface area contributed by atoms with Crippen molar-refractivity contribution in [1.29, 1.82) is 0 Å². The van der Waals surface area contributed by atoms with Gasteiger partial charge in [0.15, 0.2) is 0 Å². The van der Waals surface area contributed by atoms with Crippen LogP contribution in [0.2, 0.25) is 0 Å². The molecule has 64 heavy (non-hydrogen) atoms. The topological polar surface area (TPSA) is 131 Å². The first-order chi connectivity index (χ1) is 31.8. The van der Waals surface area contributed by atoms with Gasteiger partial charge in [-0.2, -0.15) is 0 Å². The lowest BCUT2D eigenvalue weighted by atomic mass is 9.98. The van der Waals surface area contributed by atoms with Gasteiger partial charge in [-0.1, -0.05) is 139 Å². The highest BCUT2D eigenvalue weighted by Crippen LogP contribution is 2.44. The van der Waals surface area contributed by atoms with E-state index in [9.17, 15) is 4.79 Å². The Balaban J connectivity index is 0.904. The second-order valence-electron chi connectivity index (χ2n) is 16.0. The van der Waals surface area contributed by atoms with Crippen LogP contribution in [0.5, 0.6) is 0 Å². The minimum Gasteiger partial charge on any atom is -0.449 e. The Bertz CT molecular complexity index is 1310. The van der Waals surface area contributed by atoms with E-state index >= 15 is 0 Å². The number of carbonyl (C=O) groups is 1. The van der Waals surface area contributed by atoms with Crippen LogP contribution in [0, 0.1) is 0 Å². The summed E-state index contributed by atoms with van der Waals surface area (Å²) in [7, 11) is 0. The van der Waals surface area contributed by atoms with Crippen molar-refractivity contribution in [2.24, 2.45) is 0 Å². The number of fused-ring (bicyclic) bond motifs is 3. The maximum atomic E-state index is 12.3. The van der Waals surface area contributed by atoms with Gasteiger partial charge in [-0.25, -0.2) is 4.79 Å². The van der Waals surface area contributed by atoms with E-state index < -0.39 is 6.09 Å². The Labute approximate surface area is 386 Å². The zero-order valence-electron chi connectivity index (χ0n) is 39.6. The van der Waals surface area contributed by atoms with Crippen LogP contribution in [0.1, 0.15) is 114 Å². The summed E-state index contributed by atoms with van der Waals surface area (Å²) in [4.78, 5) is 12.3. The lowest BCUT2D eigenvalue weighted by Crippen LogP contribution is -2.29. The summed E-state index contributed by atoms with van der Waals surface area (Å²) in [5.41, 5.74) is 4.78. The van der Waals surface area contributed by atoms with Gasteiger partial charge in [0.1, 0.15) is 6.61 Å². The highest BCUT2D eigenvalue weighted by atomic mass is 16.6. The van der Waals surface area contributed by atoms with E-state index in [0.29, 0.717) is 132 Å². The molecular weight excluding hydrogens is 819 g/mol. The molecule has 0 heterocycles. The summed E-state index contributed by atoms with van der Waals surface area (Å²) in [6, 6.07) is 16.6. The van der Waals surface area contributed by atoms with E-state index in [-0.39, 0.29) is 12.5 Å². The van der Waals surface area contributed by atoms with E-state index in [1.165, 1.54) is 106 Å². The molecule has 0 unspecified atom stereocenters. The van der Waals surface area contributed by atoms with E-state index in [4.69, 9.17) is 52.1 Å². The van der Waals surface area contributed by atoms with Crippen molar-refractivity contribution >= 4 is 6.09 Å². The molecule has 0 saturated carbocycles. The Kier molecular flexibility index (Phi) is 36.3. The number of carbonyl (C=O) groups excluding carboxylic acids is 1. The van der Waals surface area contributed by atoms with E-state index in [0.717, 1.165) is 13.0 Å². The number of amides is 1. The third kappa shape index (κ3) is 29.1. The third-order valence-corrected chi connectivity index (χ3v) is 10.8. The molecule has 0 fully saturated rings. The van der Waals surface area contributed by atoms with E-state index in [2.05, 4.69) is 36.5 Å². The molecule has 0 atom stereocenters. The van der Waals surface area contributed by atoms with Gasteiger partial charge in [-0.05, 0) is 28.7 Å². The normalized spacial score (nSPS) is 12.2. The molecule has 0 spiro atoms. The standard InChI is InChI=1S/C51H85NO12/c1-2-3-4-5-6-7-8-9-10-11-12-13-14-19-25-54-27-29-56-31-33-58-35-37-60-39-41-62-43-44-63-42-40-61-38-36-59-34-32-57-30-28-55-26-24-52-51(53)64-45-50-48-22-17-15-20-46(48)47-21-16-18-23-49(47)50/h15-18,20-23,50H,2-14,19,24-45H2,1H3,(H,52,53). The molecule has 0 aromatic heterocycles. The molecule has 0 saturated heterocycles. The number of hydrogen-bond donors (Lipinski definition) is 1. The Hall–Kier alpha value is -2.69. The molecule has 0 bridgehead atoms. The fourth-order valence-corrected chi connectivity index (χ4v) is 7.35. The minimum atomic E-state index is -0.449. The molecular formula is C51H85NO12. The molecule has 366 valence electrons. The third-order valence-electron chi connectivity index (χ3n) is 10.8. The number of ether oxygens (including phenoxy) is 11.